The van der Waals surface area contributed by atoms with Crippen molar-refractivity contribution in [3.05, 3.63) is 39.4 Å². The average Bonchev–Trinajstić information content (AvgIpc) is 2.22. The Labute approximate surface area is 99.7 Å². The van der Waals surface area contributed by atoms with Crippen molar-refractivity contribution in [2.24, 2.45) is 0 Å². The van der Waals surface area contributed by atoms with Crippen LogP contribution in [0.1, 0.15) is 17.5 Å². The lowest BCUT2D eigenvalue weighted by Gasteiger charge is -2.03. The monoisotopic (exact) mass is 238 g/mol. The lowest BCUT2D eigenvalue weighted by atomic mass is 10.1. The third-order valence-electron chi connectivity index (χ3n) is 2.12. The van der Waals surface area contributed by atoms with Crippen molar-refractivity contribution < 1.29 is 4.92 Å². The molecule has 0 unspecified atom stereocenters. The van der Waals surface area contributed by atoms with Crippen LogP contribution < -0.4 is 5.73 Å². The number of nitrogens with zero attached hydrogens (tertiary/aromatic N) is 1. The summed E-state index contributed by atoms with van der Waals surface area (Å²) >= 11 is 4.08. The molecule has 0 heterocycles. The Morgan fingerprint density at radius 2 is 2.25 bits per heavy atom. The zero-order chi connectivity index (χ0) is 12.1. The van der Waals surface area contributed by atoms with Gasteiger partial charge in [0, 0.05) is 11.6 Å². The summed E-state index contributed by atoms with van der Waals surface area (Å²) < 4.78 is 0. The highest BCUT2D eigenvalue weighted by molar-refractivity contribution is 7.80. The second-order valence-electron chi connectivity index (χ2n) is 3.46. The lowest BCUT2D eigenvalue weighted by molar-refractivity contribution is -0.383. The van der Waals surface area contributed by atoms with Crippen LogP contribution in [0.15, 0.2) is 18.2 Å². The summed E-state index contributed by atoms with van der Waals surface area (Å²) in [4.78, 5) is 10.3. The molecule has 0 aromatic heterocycles. The number of nitro benzene ring substituents is 1. The van der Waals surface area contributed by atoms with E-state index in [0.29, 0.717) is 5.56 Å². The van der Waals surface area contributed by atoms with Gasteiger partial charge in [0.1, 0.15) is 5.69 Å². The first-order valence-corrected chi connectivity index (χ1v) is 5.51. The van der Waals surface area contributed by atoms with Crippen molar-refractivity contribution >= 4 is 30.1 Å². The second-order valence-corrected chi connectivity index (χ2v) is 3.91. The highest BCUT2D eigenvalue weighted by Crippen LogP contribution is 2.27. The van der Waals surface area contributed by atoms with Crippen molar-refractivity contribution in [1.29, 1.82) is 0 Å². The number of nitro groups is 1. The Morgan fingerprint density at radius 1 is 1.56 bits per heavy atom. The third-order valence-corrected chi connectivity index (χ3v) is 2.38. The van der Waals surface area contributed by atoms with Crippen LogP contribution in [-0.4, -0.2) is 10.7 Å². The van der Waals surface area contributed by atoms with Gasteiger partial charge in [0.25, 0.3) is 5.69 Å². The SMILES string of the molecule is Cc1cc(C=CCCS)c(N)c([N+](=O)[O-])c1. The van der Waals surface area contributed by atoms with Crippen LogP contribution >= 0.6 is 12.6 Å². The van der Waals surface area contributed by atoms with Crippen molar-refractivity contribution in [2.45, 2.75) is 13.3 Å². The minimum atomic E-state index is -0.460. The first kappa shape index (κ1) is 12.6. The standard InChI is InChI=1S/C11H14N2O2S/c1-8-6-9(4-2-3-5-16)11(12)10(7-8)13(14)15/h2,4,6-7,16H,3,5,12H2,1H3. The minimum Gasteiger partial charge on any atom is -0.393 e. The van der Waals surface area contributed by atoms with E-state index in [1.165, 1.54) is 6.07 Å². The second kappa shape index (κ2) is 5.55. The Balaban J connectivity index is 3.14. The van der Waals surface area contributed by atoms with E-state index in [1.807, 2.05) is 19.1 Å². The van der Waals surface area contributed by atoms with Gasteiger partial charge in [-0.15, -0.1) is 0 Å². The van der Waals surface area contributed by atoms with E-state index in [2.05, 4.69) is 12.6 Å². The number of benzene rings is 1. The highest BCUT2D eigenvalue weighted by Gasteiger charge is 2.14. The maximum Gasteiger partial charge on any atom is 0.292 e. The van der Waals surface area contributed by atoms with Gasteiger partial charge < -0.3 is 5.73 Å². The number of nitrogens with two attached hydrogens (primary N) is 1. The summed E-state index contributed by atoms with van der Waals surface area (Å²) in [5.41, 5.74) is 7.41. The molecule has 2 N–H and O–H groups in total. The van der Waals surface area contributed by atoms with Crippen LogP contribution in [0.25, 0.3) is 6.08 Å². The summed E-state index contributed by atoms with van der Waals surface area (Å²) in [5, 5.41) is 10.7. The van der Waals surface area contributed by atoms with E-state index < -0.39 is 4.92 Å². The predicted molar refractivity (Wildman–Crippen MR) is 69.7 cm³/mol. The number of nitrogen functional groups attached to an aromatic ring is 1. The lowest BCUT2D eigenvalue weighted by Crippen LogP contribution is -1.98. The molecule has 86 valence electrons. The first-order valence-electron chi connectivity index (χ1n) is 4.88. The smallest absolute Gasteiger partial charge is 0.292 e. The van der Waals surface area contributed by atoms with Gasteiger partial charge in [-0.3, -0.25) is 10.1 Å². The van der Waals surface area contributed by atoms with E-state index in [-0.39, 0.29) is 11.4 Å². The van der Waals surface area contributed by atoms with Crippen molar-refractivity contribution in [2.75, 3.05) is 11.5 Å². The van der Waals surface area contributed by atoms with Gasteiger partial charge >= 0.3 is 0 Å². The topological polar surface area (TPSA) is 69.2 Å². The predicted octanol–water partition coefficient (Wildman–Crippen LogP) is 2.82. The molecule has 0 saturated carbocycles. The highest BCUT2D eigenvalue weighted by atomic mass is 32.1. The Bertz CT molecular complexity index is 430. The molecule has 1 aromatic rings. The zero-order valence-electron chi connectivity index (χ0n) is 9.01. The van der Waals surface area contributed by atoms with Crippen LogP contribution in [0.4, 0.5) is 11.4 Å². The molecule has 4 nitrogen and oxygen atoms in total. The van der Waals surface area contributed by atoms with E-state index >= 15 is 0 Å². The summed E-state index contributed by atoms with van der Waals surface area (Å²) in [7, 11) is 0. The molecule has 1 rings (SSSR count). The van der Waals surface area contributed by atoms with Crippen LogP contribution in [0, 0.1) is 17.0 Å². The summed E-state index contributed by atoms with van der Waals surface area (Å²) in [5.74, 6) is 0.740. The molecule has 5 heteroatoms. The van der Waals surface area contributed by atoms with Crippen LogP contribution in [0.5, 0.6) is 0 Å². The quantitative estimate of drug-likeness (QED) is 0.367. The molecule has 0 aliphatic heterocycles. The molecule has 0 spiro atoms. The number of aryl methyl sites for hydroxylation is 1. The molecule has 1 aromatic carbocycles. The van der Waals surface area contributed by atoms with Gasteiger partial charge in [0.2, 0.25) is 0 Å². The molecule has 0 atom stereocenters. The fraction of sp³-hybridized carbons (Fsp3) is 0.273. The van der Waals surface area contributed by atoms with E-state index in [9.17, 15) is 10.1 Å². The fourth-order valence-corrected chi connectivity index (χ4v) is 1.53. The van der Waals surface area contributed by atoms with Crippen LogP contribution in [0.3, 0.4) is 0 Å². The van der Waals surface area contributed by atoms with E-state index in [4.69, 9.17) is 5.73 Å². The molecular formula is C11H14N2O2S. The molecule has 0 fully saturated rings. The average molecular weight is 238 g/mol. The number of hydrogen-bond donors (Lipinski definition) is 2. The number of hydrogen-bond acceptors (Lipinski definition) is 4. The van der Waals surface area contributed by atoms with Gasteiger partial charge in [-0.1, -0.05) is 12.2 Å². The third kappa shape index (κ3) is 3.00. The van der Waals surface area contributed by atoms with Crippen molar-refractivity contribution in [1.82, 2.24) is 0 Å². The summed E-state index contributed by atoms with van der Waals surface area (Å²) in [6, 6.07) is 3.31. The van der Waals surface area contributed by atoms with E-state index in [1.54, 1.807) is 6.08 Å². The molecule has 0 amide bonds. The van der Waals surface area contributed by atoms with Crippen LogP contribution in [-0.2, 0) is 0 Å². The number of thiol groups is 1. The Morgan fingerprint density at radius 3 is 2.81 bits per heavy atom. The van der Waals surface area contributed by atoms with Gasteiger partial charge in [-0.25, -0.2) is 0 Å². The van der Waals surface area contributed by atoms with Gasteiger partial charge in [0.15, 0.2) is 0 Å². The maximum absolute atomic E-state index is 10.7. The Kier molecular flexibility index (Phi) is 4.37. The largest absolute Gasteiger partial charge is 0.393 e. The molecule has 0 aliphatic carbocycles. The molecule has 0 bridgehead atoms. The maximum atomic E-state index is 10.7. The zero-order valence-corrected chi connectivity index (χ0v) is 9.91. The first-order chi connectivity index (χ1) is 7.56. The van der Waals surface area contributed by atoms with Gasteiger partial charge in [0.05, 0.1) is 4.92 Å². The summed E-state index contributed by atoms with van der Waals surface area (Å²) in [6.07, 6.45) is 4.51. The van der Waals surface area contributed by atoms with Crippen molar-refractivity contribution in [3.63, 3.8) is 0 Å². The molecule has 0 aliphatic rings. The fourth-order valence-electron chi connectivity index (χ4n) is 1.38. The minimum absolute atomic E-state index is 0.0366. The summed E-state index contributed by atoms with van der Waals surface area (Å²) in [6.45, 7) is 1.81. The van der Waals surface area contributed by atoms with Crippen LogP contribution in [0.2, 0.25) is 0 Å². The number of rotatable bonds is 4. The number of anilines is 1. The number of allylic oxidation sites excluding steroid dienone is 1. The molecule has 16 heavy (non-hydrogen) atoms. The van der Waals surface area contributed by atoms with Crippen molar-refractivity contribution in [3.8, 4) is 0 Å². The Hall–Kier alpha value is -1.49. The molecule has 0 saturated heterocycles. The molecule has 0 radical (unpaired) electrons. The van der Waals surface area contributed by atoms with Gasteiger partial charge in [-0.2, -0.15) is 12.6 Å². The normalized spacial score (nSPS) is 10.9. The van der Waals surface area contributed by atoms with E-state index in [0.717, 1.165) is 17.7 Å². The molecular weight excluding hydrogens is 224 g/mol. The van der Waals surface area contributed by atoms with Gasteiger partial charge in [-0.05, 0) is 30.7 Å².